The van der Waals surface area contributed by atoms with Crippen LogP contribution in [0.1, 0.15) is 11.7 Å². The number of hydrogen-bond donors (Lipinski definition) is 2. The number of methoxy groups -OCH3 is 1. The molecule has 2 N–H and O–H groups in total. The first-order valence-corrected chi connectivity index (χ1v) is 7.00. The summed E-state index contributed by atoms with van der Waals surface area (Å²) in [6.45, 7) is 0.273. The first-order valence-electron chi connectivity index (χ1n) is 5.11. The van der Waals surface area contributed by atoms with E-state index in [0.717, 1.165) is 6.26 Å². The summed E-state index contributed by atoms with van der Waals surface area (Å²) in [5.41, 5.74) is 0.348. The molecule has 0 radical (unpaired) electrons. The zero-order valence-corrected chi connectivity index (χ0v) is 10.9. The van der Waals surface area contributed by atoms with Crippen LogP contribution in [-0.2, 0) is 9.84 Å². The fourth-order valence-corrected chi connectivity index (χ4v) is 2.81. The number of sulfone groups is 1. The minimum Gasteiger partial charge on any atom is -0.495 e. The number of nitrogens with one attached hydrogen (secondary N) is 1. The molecule has 1 rings (SSSR count). The Labute approximate surface area is 101 Å². The molecular weight excluding hydrogens is 242 g/mol. The van der Waals surface area contributed by atoms with E-state index in [9.17, 15) is 13.5 Å². The quantitative estimate of drug-likeness (QED) is 0.798. The third-order valence-corrected chi connectivity index (χ3v) is 3.54. The molecule has 0 spiro atoms. The number of likely N-dealkylation sites (N-methyl/N-ethyl adjacent to an activating group) is 1. The monoisotopic (exact) mass is 259 g/mol. The molecule has 1 aromatic carbocycles. The second kappa shape index (κ2) is 5.48. The van der Waals surface area contributed by atoms with Gasteiger partial charge in [-0.05, 0) is 13.1 Å². The van der Waals surface area contributed by atoms with Gasteiger partial charge in [-0.15, -0.1) is 0 Å². The number of hydrogen-bond acceptors (Lipinski definition) is 5. The Morgan fingerprint density at radius 3 is 2.59 bits per heavy atom. The summed E-state index contributed by atoms with van der Waals surface area (Å²) in [6, 6.07) is 4.80. The van der Waals surface area contributed by atoms with Crippen molar-refractivity contribution >= 4 is 9.84 Å². The standard InChI is InChI=1S/C11H17NO4S/c1-12-7-9(13)8-5-4-6-10(16-2)11(8)17(3,14)15/h4-6,9,12-13H,7H2,1-3H3. The van der Waals surface area contributed by atoms with Crippen LogP contribution in [0.4, 0.5) is 0 Å². The van der Waals surface area contributed by atoms with Gasteiger partial charge < -0.3 is 15.2 Å². The lowest BCUT2D eigenvalue weighted by molar-refractivity contribution is 0.174. The lowest BCUT2D eigenvalue weighted by Crippen LogP contribution is -2.19. The smallest absolute Gasteiger partial charge is 0.179 e. The van der Waals surface area contributed by atoms with Crippen molar-refractivity contribution in [2.24, 2.45) is 0 Å². The van der Waals surface area contributed by atoms with Crippen LogP contribution in [0.15, 0.2) is 23.1 Å². The van der Waals surface area contributed by atoms with Gasteiger partial charge in [0.05, 0.1) is 13.2 Å². The number of rotatable bonds is 5. The van der Waals surface area contributed by atoms with Crippen LogP contribution in [0.3, 0.4) is 0 Å². The van der Waals surface area contributed by atoms with Crippen LogP contribution in [0.25, 0.3) is 0 Å². The Hall–Kier alpha value is -1.11. The first-order chi connectivity index (χ1) is 7.91. The summed E-state index contributed by atoms with van der Waals surface area (Å²) >= 11 is 0. The highest BCUT2D eigenvalue weighted by molar-refractivity contribution is 7.90. The maximum atomic E-state index is 11.7. The molecule has 17 heavy (non-hydrogen) atoms. The molecule has 0 saturated heterocycles. The Kier molecular flexibility index (Phi) is 4.50. The molecule has 0 heterocycles. The van der Waals surface area contributed by atoms with E-state index in [0.29, 0.717) is 5.56 Å². The molecular formula is C11H17NO4S. The average molecular weight is 259 g/mol. The summed E-state index contributed by atoms with van der Waals surface area (Å²) in [5.74, 6) is 0.250. The number of benzene rings is 1. The average Bonchev–Trinajstić information content (AvgIpc) is 2.27. The van der Waals surface area contributed by atoms with Crippen LogP contribution in [-0.4, -0.2) is 40.5 Å². The molecule has 0 aromatic heterocycles. The van der Waals surface area contributed by atoms with Gasteiger partial charge in [-0.2, -0.15) is 0 Å². The second-order valence-electron chi connectivity index (χ2n) is 3.72. The molecule has 6 heteroatoms. The zero-order chi connectivity index (χ0) is 13.1. The molecule has 0 amide bonds. The molecule has 0 bridgehead atoms. The van der Waals surface area contributed by atoms with Crippen molar-refractivity contribution in [3.05, 3.63) is 23.8 Å². The van der Waals surface area contributed by atoms with Crippen molar-refractivity contribution in [1.29, 1.82) is 0 Å². The van der Waals surface area contributed by atoms with Gasteiger partial charge in [0.15, 0.2) is 9.84 Å². The van der Waals surface area contributed by atoms with E-state index in [2.05, 4.69) is 5.32 Å². The molecule has 0 aliphatic carbocycles. The van der Waals surface area contributed by atoms with Crippen molar-refractivity contribution in [3.8, 4) is 5.75 Å². The van der Waals surface area contributed by atoms with Crippen LogP contribution < -0.4 is 10.1 Å². The Balaban J connectivity index is 3.40. The van der Waals surface area contributed by atoms with Crippen LogP contribution >= 0.6 is 0 Å². The second-order valence-corrected chi connectivity index (χ2v) is 5.68. The van der Waals surface area contributed by atoms with Crippen molar-refractivity contribution < 1.29 is 18.3 Å². The van der Waals surface area contributed by atoms with Crippen molar-refractivity contribution in [2.75, 3.05) is 27.0 Å². The van der Waals surface area contributed by atoms with Gasteiger partial charge in [0.1, 0.15) is 10.6 Å². The molecule has 0 saturated carbocycles. The Morgan fingerprint density at radius 2 is 2.12 bits per heavy atom. The highest BCUT2D eigenvalue weighted by Crippen LogP contribution is 2.31. The molecule has 1 atom stereocenters. The summed E-state index contributed by atoms with van der Waals surface area (Å²) in [4.78, 5) is 0.0465. The van der Waals surface area contributed by atoms with E-state index in [1.807, 2.05) is 0 Å². The van der Waals surface area contributed by atoms with Gasteiger partial charge in [-0.1, -0.05) is 12.1 Å². The molecule has 0 aliphatic rings. The summed E-state index contributed by atoms with van der Waals surface area (Å²) in [5, 5.41) is 12.7. The number of aliphatic hydroxyl groups is 1. The van der Waals surface area contributed by atoms with Gasteiger partial charge in [0.2, 0.25) is 0 Å². The van der Waals surface area contributed by atoms with E-state index in [-0.39, 0.29) is 17.2 Å². The topological polar surface area (TPSA) is 75.6 Å². The fraction of sp³-hybridized carbons (Fsp3) is 0.455. The normalized spacial score (nSPS) is 13.4. The van der Waals surface area contributed by atoms with Crippen LogP contribution in [0.2, 0.25) is 0 Å². The lowest BCUT2D eigenvalue weighted by atomic mass is 10.1. The third kappa shape index (κ3) is 3.18. The van der Waals surface area contributed by atoms with Crippen LogP contribution in [0.5, 0.6) is 5.75 Å². The molecule has 5 nitrogen and oxygen atoms in total. The molecule has 1 unspecified atom stereocenters. The van der Waals surface area contributed by atoms with Crippen molar-refractivity contribution in [1.82, 2.24) is 5.32 Å². The molecule has 0 fully saturated rings. The largest absolute Gasteiger partial charge is 0.495 e. The van der Waals surface area contributed by atoms with Gasteiger partial charge in [-0.25, -0.2) is 8.42 Å². The number of ether oxygens (including phenoxy) is 1. The maximum Gasteiger partial charge on any atom is 0.179 e. The summed E-state index contributed by atoms with van der Waals surface area (Å²) in [7, 11) is -0.367. The predicted molar refractivity (Wildman–Crippen MR) is 65.0 cm³/mol. The zero-order valence-electron chi connectivity index (χ0n) is 10.1. The van der Waals surface area contributed by atoms with Crippen molar-refractivity contribution in [2.45, 2.75) is 11.0 Å². The lowest BCUT2D eigenvalue weighted by Gasteiger charge is -2.16. The van der Waals surface area contributed by atoms with Crippen LogP contribution in [0, 0.1) is 0 Å². The molecule has 1 aromatic rings. The minimum atomic E-state index is -3.45. The Morgan fingerprint density at radius 1 is 1.47 bits per heavy atom. The highest BCUT2D eigenvalue weighted by Gasteiger charge is 2.22. The van der Waals surface area contributed by atoms with E-state index in [1.165, 1.54) is 7.11 Å². The molecule has 0 aliphatic heterocycles. The summed E-state index contributed by atoms with van der Waals surface area (Å²) in [6.07, 6.45) is 0.209. The fourth-order valence-electron chi connectivity index (χ4n) is 1.66. The predicted octanol–water partition coefficient (Wildman–Crippen LogP) is 0.352. The van der Waals surface area contributed by atoms with E-state index in [1.54, 1.807) is 25.2 Å². The third-order valence-electron chi connectivity index (χ3n) is 2.36. The van der Waals surface area contributed by atoms with Crippen molar-refractivity contribution in [3.63, 3.8) is 0 Å². The first kappa shape index (κ1) is 14.0. The van der Waals surface area contributed by atoms with Gasteiger partial charge in [0, 0.05) is 18.4 Å². The Bertz CT molecular complexity index is 484. The van der Waals surface area contributed by atoms with E-state index >= 15 is 0 Å². The SMILES string of the molecule is CNCC(O)c1cccc(OC)c1S(C)(=O)=O. The van der Waals surface area contributed by atoms with E-state index < -0.39 is 15.9 Å². The highest BCUT2D eigenvalue weighted by atomic mass is 32.2. The molecule has 96 valence electrons. The van der Waals surface area contributed by atoms with Gasteiger partial charge in [-0.3, -0.25) is 0 Å². The van der Waals surface area contributed by atoms with Gasteiger partial charge >= 0.3 is 0 Å². The minimum absolute atomic E-state index is 0.0465. The number of aliphatic hydroxyl groups excluding tert-OH is 1. The van der Waals surface area contributed by atoms with E-state index in [4.69, 9.17) is 4.74 Å². The maximum absolute atomic E-state index is 11.7. The summed E-state index contributed by atoms with van der Waals surface area (Å²) < 4.78 is 28.5. The van der Waals surface area contributed by atoms with Gasteiger partial charge in [0.25, 0.3) is 0 Å².